The van der Waals surface area contributed by atoms with Crippen LogP contribution in [0.2, 0.25) is 0 Å². The summed E-state index contributed by atoms with van der Waals surface area (Å²) in [4.78, 5) is 253. The van der Waals surface area contributed by atoms with Gasteiger partial charge >= 0.3 is 5.97 Å². The van der Waals surface area contributed by atoms with Gasteiger partial charge in [-0.05, 0) is 108 Å². The number of carbonyl (C=O) groups is 17. The first-order chi connectivity index (χ1) is 53.6. The van der Waals surface area contributed by atoms with Gasteiger partial charge in [0.2, 0.25) is 94.5 Å². The Morgan fingerprint density at radius 1 is 0.518 bits per heavy atom. The first-order valence-corrected chi connectivity index (χ1v) is 41.5. The molecule has 0 aromatic heterocycles. The van der Waals surface area contributed by atoms with E-state index in [4.69, 9.17) is 17.2 Å². The number of aliphatic hydroxyl groups is 2. The van der Waals surface area contributed by atoms with E-state index in [1.54, 1.807) is 62.3 Å². The highest BCUT2D eigenvalue weighted by atomic mass is 33.1. The fourth-order valence-electron chi connectivity index (χ4n) is 13.9. The Hall–Kier alpha value is -9.12. The monoisotopic (exact) mass is 1650 g/mol. The smallest absolute Gasteiger partial charge is 0.305 e. The molecule has 5 aliphatic rings. The van der Waals surface area contributed by atoms with Gasteiger partial charge in [0.25, 0.3) is 0 Å². The summed E-state index contributed by atoms with van der Waals surface area (Å²) in [5.74, 6) is -19.3. The van der Waals surface area contributed by atoms with Crippen LogP contribution in [-0.4, -0.2) is 277 Å². The van der Waals surface area contributed by atoms with Gasteiger partial charge in [0.15, 0.2) is 5.96 Å². The Bertz CT molecular complexity index is 3510. The minimum Gasteiger partial charge on any atom is -0.481 e. The van der Waals surface area contributed by atoms with Crippen molar-refractivity contribution in [1.29, 1.82) is 0 Å². The number of amides is 16. The zero-order valence-corrected chi connectivity index (χ0v) is 68.7. The van der Waals surface area contributed by atoms with Crippen molar-refractivity contribution < 1.29 is 96.8 Å². The van der Waals surface area contributed by atoms with Crippen molar-refractivity contribution in [2.45, 2.75) is 275 Å². The molecule has 0 aromatic carbocycles. The number of aliphatic imine (C=N–C) groups is 1. The number of rotatable bonds is 16. The molecule has 5 rings (SSSR count). The lowest BCUT2D eigenvalue weighted by atomic mass is 9.87. The number of carboxylic acids is 1. The summed E-state index contributed by atoms with van der Waals surface area (Å²) >= 11 is 0. The number of nitrogens with two attached hydrogens (primary N) is 3. The molecule has 5 fully saturated rings. The minimum absolute atomic E-state index is 0.0179. The Morgan fingerprint density at radius 2 is 0.974 bits per heavy atom. The predicted octanol–water partition coefficient (Wildman–Crippen LogP) is -4.27. The molecule has 39 nitrogen and oxygen atoms in total. The van der Waals surface area contributed by atoms with Gasteiger partial charge in [-0.3, -0.25) is 86.5 Å². The number of aliphatic hydroxyl groups excluding tert-OH is 2. The zero-order valence-electron chi connectivity index (χ0n) is 67.1. The van der Waals surface area contributed by atoms with Crippen molar-refractivity contribution in [3.63, 3.8) is 0 Å². The molecular formula is C73H121N19O20S2. The molecule has 5 saturated heterocycles. The van der Waals surface area contributed by atoms with E-state index in [1.165, 1.54) is 23.6 Å². The number of carbonyl (C=O) groups excluding carboxylic acids is 16. The molecular weight excluding hydrogens is 1530 g/mol. The maximum atomic E-state index is 15.7. The largest absolute Gasteiger partial charge is 0.481 e. The van der Waals surface area contributed by atoms with E-state index in [0.717, 1.165) is 26.5 Å². The van der Waals surface area contributed by atoms with Crippen molar-refractivity contribution in [3.05, 3.63) is 0 Å². The van der Waals surface area contributed by atoms with Gasteiger partial charge in [0.1, 0.15) is 84.6 Å². The lowest BCUT2D eigenvalue weighted by molar-refractivity contribution is -0.148. The first-order valence-electron chi connectivity index (χ1n) is 39.2. The van der Waals surface area contributed by atoms with Crippen LogP contribution in [0.3, 0.4) is 0 Å². The van der Waals surface area contributed by atoms with E-state index >= 15 is 28.8 Å². The molecule has 21 N–H and O–H groups in total. The maximum absolute atomic E-state index is 15.7. The number of aliphatic carboxylic acids is 1. The number of nitrogens with one attached hydrogen (secondary N) is 12. The quantitative estimate of drug-likeness (QED) is 0.0301. The summed E-state index contributed by atoms with van der Waals surface area (Å²) in [5, 5.41) is 62.7. The molecule has 0 spiro atoms. The Labute approximate surface area is 672 Å². The lowest BCUT2D eigenvalue weighted by Gasteiger charge is -2.37. The molecule has 0 radical (unpaired) electrons. The molecule has 5 aliphatic heterocycles. The summed E-state index contributed by atoms with van der Waals surface area (Å²) in [7, 11) is 1.73. The number of hydrogen-bond donors (Lipinski definition) is 18. The number of nitrogens with zero attached hydrogens (tertiary/aromatic N) is 4. The second kappa shape index (κ2) is 44.7. The molecule has 0 aliphatic carbocycles. The van der Waals surface area contributed by atoms with Crippen LogP contribution >= 0.6 is 21.6 Å². The van der Waals surface area contributed by atoms with Crippen LogP contribution in [-0.2, 0) is 81.5 Å². The highest BCUT2D eigenvalue weighted by molar-refractivity contribution is 8.77. The van der Waals surface area contributed by atoms with Gasteiger partial charge in [-0.25, -0.2) is 0 Å². The van der Waals surface area contributed by atoms with Crippen LogP contribution in [0.15, 0.2) is 4.99 Å². The van der Waals surface area contributed by atoms with Crippen molar-refractivity contribution in [2.75, 3.05) is 51.7 Å². The third-order valence-corrected chi connectivity index (χ3v) is 24.4. The van der Waals surface area contributed by atoms with Crippen LogP contribution in [0, 0.1) is 23.2 Å². The fourth-order valence-corrected chi connectivity index (χ4v) is 16.7. The maximum Gasteiger partial charge on any atom is 0.305 e. The predicted molar refractivity (Wildman–Crippen MR) is 419 cm³/mol. The van der Waals surface area contributed by atoms with Crippen molar-refractivity contribution in [1.82, 2.24) is 78.5 Å². The molecule has 17 atom stereocenters. The van der Waals surface area contributed by atoms with Crippen LogP contribution < -0.4 is 81.0 Å². The van der Waals surface area contributed by atoms with E-state index < -0.39 is 245 Å². The van der Waals surface area contributed by atoms with Gasteiger partial charge in [-0.2, -0.15) is 0 Å². The third-order valence-electron chi connectivity index (χ3n) is 21.1. The van der Waals surface area contributed by atoms with E-state index in [-0.39, 0.29) is 122 Å². The van der Waals surface area contributed by atoms with Crippen molar-refractivity contribution >= 4 is 128 Å². The van der Waals surface area contributed by atoms with Crippen LogP contribution in [0.4, 0.5) is 0 Å². The minimum atomic E-state index is -1.94. The van der Waals surface area contributed by atoms with Gasteiger partial charge in [-0.1, -0.05) is 103 Å². The van der Waals surface area contributed by atoms with Gasteiger partial charge < -0.3 is 111 Å². The average Bonchev–Trinajstić information content (AvgIpc) is 1.54. The van der Waals surface area contributed by atoms with Crippen molar-refractivity contribution in [3.8, 4) is 0 Å². The lowest BCUT2D eigenvalue weighted by Crippen LogP contribution is -2.64. The normalized spacial score (nSPS) is 29.2. The topological polar surface area (TPSA) is 595 Å². The molecule has 0 saturated carbocycles. The summed E-state index contributed by atoms with van der Waals surface area (Å²) < 4.78 is -1.62. The van der Waals surface area contributed by atoms with Crippen LogP contribution in [0.5, 0.6) is 0 Å². The molecule has 0 unspecified atom stereocenters. The summed E-state index contributed by atoms with van der Waals surface area (Å²) in [5.41, 5.74) is 16.1. The third kappa shape index (κ3) is 27.8. The standard InChI is InChI=1S/C73H121N19O20S2/c1-12-37(4)53-65(107)85-46-36-113-114-73(10,11)56(67(109)88-55(39(6)14-3)70(112)91-29-19-22-47(91)63(105)80-41(31-52(97)98)59(101)82-43(57(74)99)33-78-50(95)25-15-16-26-51(96)86-53)89-66(108)54(38(5)13-2)87-64(106)48-23-18-28-90(48)69(111)49-24-20-30-92(49)68(110)42(32-72(7,8)9)81-61(103)45(35-94)83-58(100)40(21-17-27-77-71(75)76)79-60(102)44(34-93)84-62(46)104/h37-49,53-56,93-94H,12-36H2,1-11H3,(H2,74,99)(H,78,95)(H,79,102)(H,80,105)(H,81,103)(H,82,101)(H,83,100)(H,84,104)(H,85,107)(H,86,96)(H,87,106)(H,88,109)(H,89,108)(H,97,98)(H4,75,76,77)/t37-,38-,39-,40-,41-,42-,43-,44-,45-,46-,47-,48-,49-,53-,54-,55-,56+/m0/s1. The Kier molecular flexibility index (Phi) is 37.4. The van der Waals surface area contributed by atoms with Gasteiger partial charge in [0.05, 0.1) is 19.6 Å². The zero-order chi connectivity index (χ0) is 85.2. The van der Waals surface area contributed by atoms with E-state index in [0.29, 0.717) is 12.8 Å². The molecule has 0 aromatic rings. The second-order valence-electron chi connectivity index (χ2n) is 31.7. The molecule has 114 heavy (non-hydrogen) atoms. The molecule has 640 valence electrons. The van der Waals surface area contributed by atoms with E-state index in [9.17, 15) is 68.1 Å². The molecule has 16 amide bonds. The van der Waals surface area contributed by atoms with Crippen LogP contribution in [0.1, 0.15) is 185 Å². The number of primary amides is 1. The average molecular weight is 1650 g/mol. The number of guanidine groups is 1. The number of hydrogen-bond acceptors (Lipinski definition) is 22. The SMILES string of the molecule is CC[C@H](C)[C@@H]1NC(=O)CCCCC(=O)NC[C@@H](C(N)=O)NC(=O)[C@H](CC(=O)O)NC(=O)[C@@H]2CCCN2C(=O)[C@H]([C@@H](C)CC)NC(=O)[C@H]2NC(=O)[C@H]([C@@H](C)CC)NC(=O)[C@@H]3CCCN3C(=O)[C@@H]3CCCN3C(=O)[C@H](CC(C)(C)C)NC(=O)[C@H](CO)NC(=O)[C@H](CCCN=C(N)N)NC(=O)[C@H](CO)NC(=O)[C@H](CSSC2(C)C)NC1=O. The highest BCUT2D eigenvalue weighted by Gasteiger charge is 2.49. The Morgan fingerprint density at radius 3 is 1.51 bits per heavy atom. The number of carboxylic acid groups (broad SMARTS) is 1. The molecule has 2 bridgehead atoms. The number of fused-ring (bicyclic) bond motifs is 8. The molecule has 5 heterocycles. The highest BCUT2D eigenvalue weighted by Crippen LogP contribution is 2.40. The molecule has 41 heteroatoms. The second-order valence-corrected chi connectivity index (χ2v) is 34.7. The van der Waals surface area contributed by atoms with Gasteiger partial charge in [0, 0.05) is 56.1 Å². The van der Waals surface area contributed by atoms with E-state index in [1.807, 2.05) is 0 Å². The van der Waals surface area contributed by atoms with Crippen molar-refractivity contribution in [2.24, 2.45) is 45.4 Å². The summed E-state index contributed by atoms with van der Waals surface area (Å²) in [6, 6.07) is -21.9. The van der Waals surface area contributed by atoms with Crippen LogP contribution in [0.25, 0.3) is 0 Å². The first kappa shape index (κ1) is 95.5. The fraction of sp³-hybridized carbons (Fsp3) is 0.753. The van der Waals surface area contributed by atoms with Gasteiger partial charge in [-0.15, -0.1) is 0 Å². The summed E-state index contributed by atoms with van der Waals surface area (Å²) in [6.07, 6.45) is 0.0606. The van der Waals surface area contributed by atoms with E-state index in [2.05, 4.69) is 68.8 Å². The summed E-state index contributed by atoms with van der Waals surface area (Å²) in [6.45, 7) is 15.6. The Balaban J connectivity index is 1.73.